The lowest BCUT2D eigenvalue weighted by Gasteiger charge is -1.92. The minimum Gasteiger partial charge on any atom is -0.378 e. The Bertz CT molecular complexity index is 117. The summed E-state index contributed by atoms with van der Waals surface area (Å²) >= 11 is 0. The predicted molar refractivity (Wildman–Crippen MR) is 44.6 cm³/mol. The van der Waals surface area contributed by atoms with E-state index in [-0.39, 0.29) is 0 Å². The molecule has 1 atom stereocenters. The summed E-state index contributed by atoms with van der Waals surface area (Å²) in [6.07, 6.45) is 7.09. The van der Waals surface area contributed by atoms with Crippen LogP contribution < -0.4 is 0 Å². The molecule has 0 spiro atoms. The Morgan fingerprint density at radius 1 is 1.55 bits per heavy atom. The van der Waals surface area contributed by atoms with Crippen molar-refractivity contribution in [1.82, 2.24) is 0 Å². The van der Waals surface area contributed by atoms with E-state index in [0.717, 1.165) is 26.2 Å². The zero-order chi connectivity index (χ0) is 7.94. The highest BCUT2D eigenvalue weighted by atomic mass is 16.6. The van der Waals surface area contributed by atoms with Gasteiger partial charge in [-0.25, -0.2) is 0 Å². The maximum atomic E-state index is 5.14. The summed E-state index contributed by atoms with van der Waals surface area (Å²) in [7, 11) is 0. The van der Waals surface area contributed by atoms with Crippen LogP contribution in [-0.4, -0.2) is 25.9 Å². The van der Waals surface area contributed by atoms with Crippen LogP contribution in [0.2, 0.25) is 0 Å². The molecule has 2 heteroatoms. The van der Waals surface area contributed by atoms with E-state index in [4.69, 9.17) is 9.47 Å². The van der Waals surface area contributed by atoms with Crippen molar-refractivity contribution >= 4 is 0 Å². The zero-order valence-electron chi connectivity index (χ0n) is 7.08. The molecule has 0 aromatic heterocycles. The molecular formula is C9H16O2. The Labute approximate surface area is 68.2 Å². The number of epoxide rings is 1. The maximum Gasteiger partial charge on any atom is 0.0812 e. The largest absolute Gasteiger partial charge is 0.378 e. The summed E-state index contributed by atoms with van der Waals surface area (Å²) in [4.78, 5) is 0. The second-order valence-corrected chi connectivity index (χ2v) is 2.66. The Morgan fingerprint density at radius 2 is 2.36 bits per heavy atom. The Hall–Kier alpha value is -0.340. The smallest absolute Gasteiger partial charge is 0.0812 e. The molecule has 1 aliphatic rings. The van der Waals surface area contributed by atoms with Gasteiger partial charge in [-0.1, -0.05) is 12.2 Å². The van der Waals surface area contributed by atoms with E-state index >= 15 is 0 Å². The third-order valence-electron chi connectivity index (χ3n) is 1.64. The lowest BCUT2D eigenvalue weighted by molar-refractivity contribution is 0.177. The van der Waals surface area contributed by atoms with Gasteiger partial charge in [0.25, 0.3) is 0 Å². The molecule has 0 bridgehead atoms. The summed E-state index contributed by atoms with van der Waals surface area (Å²) in [6, 6.07) is 0. The highest BCUT2D eigenvalue weighted by molar-refractivity contribution is 4.84. The first-order valence-electron chi connectivity index (χ1n) is 4.28. The van der Waals surface area contributed by atoms with Crippen LogP contribution in [0.1, 0.15) is 19.8 Å². The van der Waals surface area contributed by atoms with Crippen molar-refractivity contribution in [1.29, 1.82) is 0 Å². The minimum atomic E-state index is 0.562. The van der Waals surface area contributed by atoms with Gasteiger partial charge in [-0.15, -0.1) is 0 Å². The molecule has 0 aromatic rings. The van der Waals surface area contributed by atoms with Gasteiger partial charge in [-0.3, -0.25) is 0 Å². The summed E-state index contributed by atoms with van der Waals surface area (Å²) < 4.78 is 10.2. The lowest BCUT2D eigenvalue weighted by atomic mass is 10.2. The molecule has 1 unspecified atom stereocenters. The molecule has 1 saturated heterocycles. The predicted octanol–water partition coefficient (Wildman–Crippen LogP) is 1.76. The van der Waals surface area contributed by atoms with Crippen molar-refractivity contribution in [2.45, 2.75) is 25.9 Å². The van der Waals surface area contributed by atoms with E-state index in [1.165, 1.54) is 6.42 Å². The highest BCUT2D eigenvalue weighted by Gasteiger charge is 2.20. The van der Waals surface area contributed by atoms with Crippen molar-refractivity contribution in [3.05, 3.63) is 12.2 Å². The standard InChI is InChI=1S/C9H16O2/c1-2-10-7-5-3-4-6-9-8-11-9/h3,5,9H,2,4,6-8H2,1H3/b5-3+. The number of hydrogen-bond donors (Lipinski definition) is 0. The van der Waals surface area contributed by atoms with Crippen molar-refractivity contribution in [3.8, 4) is 0 Å². The summed E-state index contributed by atoms with van der Waals surface area (Å²) in [5.41, 5.74) is 0. The van der Waals surface area contributed by atoms with E-state index < -0.39 is 0 Å². The van der Waals surface area contributed by atoms with Gasteiger partial charge < -0.3 is 9.47 Å². The van der Waals surface area contributed by atoms with Gasteiger partial charge >= 0.3 is 0 Å². The van der Waals surface area contributed by atoms with Crippen molar-refractivity contribution < 1.29 is 9.47 Å². The first-order chi connectivity index (χ1) is 5.43. The van der Waals surface area contributed by atoms with Gasteiger partial charge in [0.2, 0.25) is 0 Å². The van der Waals surface area contributed by atoms with E-state index in [0.29, 0.717) is 6.10 Å². The molecule has 0 saturated carbocycles. The minimum absolute atomic E-state index is 0.562. The van der Waals surface area contributed by atoms with E-state index in [9.17, 15) is 0 Å². The molecule has 0 N–H and O–H groups in total. The Morgan fingerprint density at radius 3 is 3.00 bits per heavy atom. The molecule has 1 aliphatic heterocycles. The molecule has 11 heavy (non-hydrogen) atoms. The highest BCUT2D eigenvalue weighted by Crippen LogP contribution is 2.15. The van der Waals surface area contributed by atoms with Gasteiger partial charge in [0.05, 0.1) is 19.3 Å². The topological polar surface area (TPSA) is 21.8 Å². The van der Waals surface area contributed by atoms with Crippen molar-refractivity contribution in [2.75, 3.05) is 19.8 Å². The molecule has 0 aliphatic carbocycles. The quantitative estimate of drug-likeness (QED) is 0.332. The normalized spacial score (nSPS) is 22.8. The first-order valence-corrected chi connectivity index (χ1v) is 4.28. The Balaban J connectivity index is 1.80. The second-order valence-electron chi connectivity index (χ2n) is 2.66. The van der Waals surface area contributed by atoms with E-state index in [2.05, 4.69) is 12.2 Å². The van der Waals surface area contributed by atoms with Crippen LogP contribution in [0.15, 0.2) is 12.2 Å². The van der Waals surface area contributed by atoms with Gasteiger partial charge in [0, 0.05) is 6.61 Å². The maximum absolute atomic E-state index is 5.14. The average Bonchev–Trinajstić information content (AvgIpc) is 2.80. The fourth-order valence-electron chi connectivity index (χ4n) is 0.889. The molecule has 1 heterocycles. The summed E-state index contributed by atoms with van der Waals surface area (Å²) in [5.74, 6) is 0. The fraction of sp³-hybridized carbons (Fsp3) is 0.778. The lowest BCUT2D eigenvalue weighted by Crippen LogP contribution is -1.88. The van der Waals surface area contributed by atoms with Crippen molar-refractivity contribution in [2.24, 2.45) is 0 Å². The van der Waals surface area contributed by atoms with Gasteiger partial charge in [0.15, 0.2) is 0 Å². The summed E-state index contributed by atoms with van der Waals surface area (Å²) in [5, 5.41) is 0. The van der Waals surface area contributed by atoms with Crippen LogP contribution in [0.4, 0.5) is 0 Å². The number of hydrogen-bond acceptors (Lipinski definition) is 2. The van der Waals surface area contributed by atoms with Crippen LogP contribution >= 0.6 is 0 Å². The fourth-order valence-corrected chi connectivity index (χ4v) is 0.889. The zero-order valence-corrected chi connectivity index (χ0v) is 7.08. The number of rotatable bonds is 6. The average molecular weight is 156 g/mol. The molecule has 1 fully saturated rings. The SMILES string of the molecule is CCOC/C=C/CCC1CO1. The molecule has 64 valence electrons. The first kappa shape index (κ1) is 8.75. The molecular weight excluding hydrogens is 140 g/mol. The molecule has 0 aromatic carbocycles. The van der Waals surface area contributed by atoms with Crippen LogP contribution in [0.5, 0.6) is 0 Å². The molecule has 0 radical (unpaired) electrons. The third kappa shape index (κ3) is 4.99. The molecule has 2 nitrogen and oxygen atoms in total. The van der Waals surface area contributed by atoms with E-state index in [1.807, 2.05) is 6.92 Å². The second kappa shape index (κ2) is 5.33. The third-order valence-corrected chi connectivity index (χ3v) is 1.64. The van der Waals surface area contributed by atoms with Crippen molar-refractivity contribution in [3.63, 3.8) is 0 Å². The summed E-state index contributed by atoms with van der Waals surface area (Å²) in [6.45, 7) is 4.53. The monoisotopic (exact) mass is 156 g/mol. The van der Waals surface area contributed by atoms with Gasteiger partial charge in [-0.05, 0) is 19.8 Å². The van der Waals surface area contributed by atoms with Gasteiger partial charge in [0.1, 0.15) is 0 Å². The van der Waals surface area contributed by atoms with Crippen LogP contribution in [0.25, 0.3) is 0 Å². The molecule has 0 amide bonds. The Kier molecular flexibility index (Phi) is 4.24. The van der Waals surface area contributed by atoms with Crippen LogP contribution in [0.3, 0.4) is 0 Å². The van der Waals surface area contributed by atoms with Crippen LogP contribution in [0, 0.1) is 0 Å². The number of allylic oxidation sites excluding steroid dienone is 1. The van der Waals surface area contributed by atoms with Gasteiger partial charge in [-0.2, -0.15) is 0 Å². The van der Waals surface area contributed by atoms with Crippen LogP contribution in [-0.2, 0) is 9.47 Å². The number of ether oxygens (including phenoxy) is 2. The molecule has 1 rings (SSSR count). The van der Waals surface area contributed by atoms with E-state index in [1.54, 1.807) is 0 Å².